The molecule has 2 aromatic carbocycles. The average Bonchev–Trinajstić information content (AvgIpc) is 3.05. The molecule has 1 N–H and O–H groups in total. The standard InChI is InChI=1S/C23H23N3O3S/c1-4-29-18-10-8-17(9-11-18)26-22(28)20(13-16-7-5-6-15(2)12-16)30-23(26)19(14-24)21(27)25-3/h5-12,20H,4,13H2,1-3H3,(H,25,27)/b23-19-. The maximum absolute atomic E-state index is 13.3. The van der Waals surface area contributed by atoms with Gasteiger partial charge in [0.05, 0.1) is 11.9 Å². The number of hydrogen-bond acceptors (Lipinski definition) is 5. The quantitative estimate of drug-likeness (QED) is 0.570. The number of likely N-dealkylation sites (N-methyl/N-ethyl adjacent to an activating group) is 1. The number of nitrogens with one attached hydrogen (secondary N) is 1. The zero-order valence-electron chi connectivity index (χ0n) is 17.1. The highest BCUT2D eigenvalue weighted by Crippen LogP contribution is 2.42. The summed E-state index contributed by atoms with van der Waals surface area (Å²) in [5.74, 6) is 0.0199. The van der Waals surface area contributed by atoms with Crippen LogP contribution in [0.1, 0.15) is 18.1 Å². The Labute approximate surface area is 180 Å². The Morgan fingerprint density at radius 3 is 2.60 bits per heavy atom. The molecule has 154 valence electrons. The zero-order valence-corrected chi connectivity index (χ0v) is 18.0. The minimum Gasteiger partial charge on any atom is -0.494 e. The van der Waals surface area contributed by atoms with E-state index in [0.29, 0.717) is 29.5 Å². The predicted molar refractivity (Wildman–Crippen MR) is 118 cm³/mol. The van der Waals surface area contributed by atoms with Gasteiger partial charge in [0.1, 0.15) is 22.4 Å². The summed E-state index contributed by atoms with van der Waals surface area (Å²) in [6.45, 7) is 4.44. The number of nitriles is 1. The third-order valence-corrected chi connectivity index (χ3v) is 5.90. The maximum atomic E-state index is 13.3. The molecule has 0 aliphatic carbocycles. The number of carbonyl (C=O) groups excluding carboxylic acids is 2. The topological polar surface area (TPSA) is 82.4 Å². The second kappa shape index (κ2) is 9.51. The lowest BCUT2D eigenvalue weighted by atomic mass is 10.1. The van der Waals surface area contributed by atoms with Crippen molar-refractivity contribution in [1.29, 1.82) is 5.26 Å². The van der Waals surface area contributed by atoms with Gasteiger partial charge in [-0.3, -0.25) is 14.5 Å². The first-order valence-electron chi connectivity index (χ1n) is 9.64. The van der Waals surface area contributed by atoms with Crippen molar-refractivity contribution in [2.45, 2.75) is 25.5 Å². The SMILES string of the molecule is CCOc1ccc(N2C(=O)C(Cc3cccc(C)c3)S/C2=C(/C#N)C(=O)NC)cc1. The summed E-state index contributed by atoms with van der Waals surface area (Å²) in [5.41, 5.74) is 2.67. The molecule has 6 nitrogen and oxygen atoms in total. The number of amides is 2. The molecule has 0 spiro atoms. The monoisotopic (exact) mass is 421 g/mol. The predicted octanol–water partition coefficient (Wildman–Crippen LogP) is 3.57. The summed E-state index contributed by atoms with van der Waals surface area (Å²) >= 11 is 1.25. The summed E-state index contributed by atoms with van der Waals surface area (Å²) in [7, 11) is 1.47. The molecule has 1 unspecified atom stereocenters. The van der Waals surface area contributed by atoms with Crippen molar-refractivity contribution in [2.75, 3.05) is 18.6 Å². The van der Waals surface area contributed by atoms with Gasteiger partial charge in [-0.25, -0.2) is 0 Å². The van der Waals surface area contributed by atoms with Gasteiger partial charge in [-0.15, -0.1) is 0 Å². The lowest BCUT2D eigenvalue weighted by Gasteiger charge is -2.19. The van der Waals surface area contributed by atoms with E-state index in [-0.39, 0.29) is 11.5 Å². The molecule has 7 heteroatoms. The van der Waals surface area contributed by atoms with Crippen LogP contribution in [0.2, 0.25) is 0 Å². The molecule has 30 heavy (non-hydrogen) atoms. The molecule has 1 atom stereocenters. The Balaban J connectivity index is 2.01. The molecule has 1 aliphatic rings. The first-order valence-corrected chi connectivity index (χ1v) is 10.5. The van der Waals surface area contributed by atoms with Crippen LogP contribution in [0.25, 0.3) is 0 Å². The van der Waals surface area contributed by atoms with Gasteiger partial charge < -0.3 is 10.1 Å². The average molecular weight is 422 g/mol. The molecule has 2 aromatic rings. The summed E-state index contributed by atoms with van der Waals surface area (Å²) in [5, 5.41) is 12.0. The van der Waals surface area contributed by atoms with Crippen LogP contribution < -0.4 is 15.0 Å². The highest BCUT2D eigenvalue weighted by atomic mass is 32.2. The normalized spacial score (nSPS) is 17.5. The van der Waals surface area contributed by atoms with Crippen LogP contribution in [0.15, 0.2) is 59.1 Å². The number of rotatable bonds is 6. The Hall–Kier alpha value is -3.24. The highest BCUT2D eigenvalue weighted by Gasteiger charge is 2.40. The molecule has 2 amide bonds. The van der Waals surface area contributed by atoms with Crippen LogP contribution in [-0.4, -0.2) is 30.7 Å². The minimum atomic E-state index is -0.514. The molecular weight excluding hydrogens is 398 g/mol. The molecule has 1 aliphatic heterocycles. The van der Waals surface area contributed by atoms with E-state index < -0.39 is 11.2 Å². The first-order chi connectivity index (χ1) is 14.5. The van der Waals surface area contributed by atoms with Crippen molar-refractivity contribution < 1.29 is 14.3 Å². The van der Waals surface area contributed by atoms with Crippen LogP contribution in [0.3, 0.4) is 0 Å². The van der Waals surface area contributed by atoms with Crippen molar-refractivity contribution in [3.05, 3.63) is 70.3 Å². The van der Waals surface area contributed by atoms with Crippen molar-refractivity contribution >= 4 is 29.3 Å². The molecule has 3 rings (SSSR count). The van der Waals surface area contributed by atoms with Crippen molar-refractivity contribution in [2.24, 2.45) is 0 Å². The number of anilines is 1. The number of hydrogen-bond donors (Lipinski definition) is 1. The van der Waals surface area contributed by atoms with Gasteiger partial charge in [0.25, 0.3) is 5.91 Å². The molecule has 0 aromatic heterocycles. The number of ether oxygens (including phenoxy) is 1. The molecular formula is C23H23N3O3S. The van der Waals surface area contributed by atoms with Gasteiger partial charge in [0.2, 0.25) is 5.91 Å². The zero-order chi connectivity index (χ0) is 21.7. The van der Waals surface area contributed by atoms with E-state index >= 15 is 0 Å². The van der Waals surface area contributed by atoms with Gasteiger partial charge in [-0.1, -0.05) is 41.6 Å². The Morgan fingerprint density at radius 2 is 2.00 bits per heavy atom. The van der Waals surface area contributed by atoms with E-state index in [1.807, 2.05) is 44.2 Å². The number of nitrogens with zero attached hydrogens (tertiary/aromatic N) is 2. The smallest absolute Gasteiger partial charge is 0.264 e. The Kier molecular flexibility index (Phi) is 6.80. The number of thioether (sulfide) groups is 1. The van der Waals surface area contributed by atoms with Crippen molar-refractivity contribution in [1.82, 2.24) is 5.32 Å². The van der Waals surface area contributed by atoms with Gasteiger partial charge in [-0.2, -0.15) is 5.26 Å². The fourth-order valence-electron chi connectivity index (χ4n) is 3.26. The van der Waals surface area contributed by atoms with E-state index in [4.69, 9.17) is 4.74 Å². The summed E-state index contributed by atoms with van der Waals surface area (Å²) in [6.07, 6.45) is 0.509. The van der Waals surface area contributed by atoms with E-state index in [1.54, 1.807) is 24.3 Å². The maximum Gasteiger partial charge on any atom is 0.264 e. The molecule has 1 saturated heterocycles. The molecule has 0 radical (unpaired) electrons. The summed E-state index contributed by atoms with van der Waals surface area (Å²) in [6, 6.07) is 17.0. The van der Waals surface area contributed by atoms with E-state index in [9.17, 15) is 14.9 Å². The van der Waals surface area contributed by atoms with Gasteiger partial charge in [0.15, 0.2) is 0 Å². The minimum absolute atomic E-state index is 0.0727. The fraction of sp³-hybridized carbons (Fsp3) is 0.261. The Bertz CT molecular complexity index is 1020. The third-order valence-electron chi connectivity index (χ3n) is 4.64. The fourth-order valence-corrected chi connectivity index (χ4v) is 4.57. The van der Waals surface area contributed by atoms with Crippen LogP contribution in [0.4, 0.5) is 5.69 Å². The van der Waals surface area contributed by atoms with E-state index in [1.165, 1.54) is 23.7 Å². The highest BCUT2D eigenvalue weighted by molar-refractivity contribution is 8.05. The third kappa shape index (κ3) is 4.50. The van der Waals surface area contributed by atoms with Gasteiger partial charge in [-0.05, 0) is 50.1 Å². The molecule has 0 saturated carbocycles. The lowest BCUT2D eigenvalue weighted by Crippen LogP contribution is -2.31. The largest absolute Gasteiger partial charge is 0.494 e. The van der Waals surface area contributed by atoms with Crippen molar-refractivity contribution in [3.63, 3.8) is 0 Å². The second-order valence-corrected chi connectivity index (χ2v) is 7.96. The van der Waals surface area contributed by atoms with Crippen LogP contribution in [0.5, 0.6) is 5.75 Å². The lowest BCUT2D eigenvalue weighted by molar-refractivity contribution is -0.117. The molecule has 0 bridgehead atoms. The number of benzene rings is 2. The number of aryl methyl sites for hydroxylation is 1. The van der Waals surface area contributed by atoms with Crippen LogP contribution >= 0.6 is 11.8 Å². The van der Waals surface area contributed by atoms with Gasteiger partial charge in [0, 0.05) is 12.7 Å². The summed E-state index contributed by atoms with van der Waals surface area (Å²) in [4.78, 5) is 27.1. The van der Waals surface area contributed by atoms with E-state index in [0.717, 1.165) is 11.1 Å². The number of carbonyl (C=O) groups is 2. The van der Waals surface area contributed by atoms with Crippen molar-refractivity contribution in [3.8, 4) is 11.8 Å². The molecule has 1 fully saturated rings. The van der Waals surface area contributed by atoms with E-state index in [2.05, 4.69) is 5.32 Å². The summed E-state index contributed by atoms with van der Waals surface area (Å²) < 4.78 is 5.48. The van der Waals surface area contributed by atoms with Crippen LogP contribution in [0, 0.1) is 18.3 Å². The van der Waals surface area contributed by atoms with Gasteiger partial charge >= 0.3 is 0 Å². The first kappa shape index (κ1) is 21.5. The van der Waals surface area contributed by atoms with Crippen LogP contribution in [-0.2, 0) is 16.0 Å². The second-order valence-electron chi connectivity index (χ2n) is 6.77. The Morgan fingerprint density at radius 1 is 1.27 bits per heavy atom. The molecule has 1 heterocycles.